The molecule has 1 saturated heterocycles. The molecule has 0 aromatic carbocycles. The van der Waals surface area contributed by atoms with Crippen LogP contribution in [0.15, 0.2) is 12.1 Å². The summed E-state index contributed by atoms with van der Waals surface area (Å²) in [5.41, 5.74) is 0. The molecule has 1 aliphatic heterocycles. The van der Waals surface area contributed by atoms with Crippen molar-refractivity contribution in [3.05, 3.63) is 21.9 Å². The predicted octanol–water partition coefficient (Wildman–Crippen LogP) is 1.13. The van der Waals surface area contributed by atoms with E-state index in [0.29, 0.717) is 13.2 Å². The van der Waals surface area contributed by atoms with Crippen LogP contribution in [-0.2, 0) is 16.1 Å². The van der Waals surface area contributed by atoms with E-state index in [1.54, 1.807) is 0 Å². The number of ether oxygens (including phenoxy) is 1. The molecule has 4 nitrogen and oxygen atoms in total. The number of hydrogen-bond acceptors (Lipinski definition) is 4. The van der Waals surface area contributed by atoms with Gasteiger partial charge in [-0.25, -0.2) is 0 Å². The fourth-order valence-electron chi connectivity index (χ4n) is 1.93. The molecule has 1 amide bonds. The maximum atomic E-state index is 11.9. The number of rotatable bonds is 3. The average molecular weight is 279 g/mol. The average Bonchev–Trinajstić information content (AvgIpc) is 2.91. The minimum Gasteiger partial charge on any atom is -0.384 e. The van der Waals surface area contributed by atoms with Gasteiger partial charge in [-0.15, -0.1) is 11.3 Å². The summed E-state index contributed by atoms with van der Waals surface area (Å²) in [6, 6.07) is 3.85. The van der Waals surface area contributed by atoms with E-state index in [-0.39, 0.29) is 18.4 Å². The van der Waals surface area contributed by atoms with E-state index in [1.165, 1.54) is 11.3 Å². The van der Waals surface area contributed by atoms with E-state index < -0.39 is 0 Å². The summed E-state index contributed by atoms with van der Waals surface area (Å²) in [6.07, 6.45) is 1.86. The lowest BCUT2D eigenvalue weighted by Crippen LogP contribution is -2.35. The molecule has 0 spiro atoms. The highest BCUT2D eigenvalue weighted by Gasteiger charge is 2.21. The summed E-state index contributed by atoms with van der Waals surface area (Å²) < 4.78 is 5.30. The second kappa shape index (κ2) is 7.29. The molecule has 1 aromatic rings. The number of nitrogens with one attached hydrogen (secondary N) is 1. The molecule has 1 aromatic heterocycles. The smallest absolute Gasteiger partial charge is 0.225 e. The lowest BCUT2D eigenvalue weighted by atomic mass is 10.0. The summed E-state index contributed by atoms with van der Waals surface area (Å²) in [4.78, 5) is 13.9. The first kappa shape index (κ1) is 14.1. The van der Waals surface area contributed by atoms with Crippen LogP contribution < -0.4 is 5.32 Å². The summed E-state index contributed by atoms with van der Waals surface area (Å²) in [5, 5.41) is 11.5. The zero-order valence-electron chi connectivity index (χ0n) is 10.6. The van der Waals surface area contributed by atoms with Gasteiger partial charge >= 0.3 is 0 Å². The molecule has 2 N–H and O–H groups in total. The number of hydrogen-bond donors (Lipinski definition) is 2. The quantitative estimate of drug-likeness (QED) is 0.816. The lowest BCUT2D eigenvalue weighted by Gasteiger charge is -2.20. The zero-order valence-corrected chi connectivity index (χ0v) is 11.5. The number of aliphatic hydroxyl groups is 1. The standard InChI is InChI=1S/C14H17NO3S/c16-7-1-4-12-5-6-13(19-12)9-15-14(17)11-3-2-8-18-10-11/h5-6,11,16H,2-3,7-10H2,(H,15,17). The van der Waals surface area contributed by atoms with Crippen molar-refractivity contribution in [2.75, 3.05) is 19.8 Å². The molecule has 0 aliphatic carbocycles. The Morgan fingerprint density at radius 1 is 1.58 bits per heavy atom. The molecular formula is C14H17NO3S. The Kier molecular flexibility index (Phi) is 5.40. The van der Waals surface area contributed by atoms with Crippen molar-refractivity contribution in [3.63, 3.8) is 0 Å². The molecule has 1 fully saturated rings. The molecule has 1 unspecified atom stereocenters. The van der Waals surface area contributed by atoms with Crippen molar-refractivity contribution < 1.29 is 14.6 Å². The molecule has 2 rings (SSSR count). The topological polar surface area (TPSA) is 58.6 Å². The maximum Gasteiger partial charge on any atom is 0.225 e. The van der Waals surface area contributed by atoms with Gasteiger partial charge in [0.25, 0.3) is 0 Å². The van der Waals surface area contributed by atoms with Crippen molar-refractivity contribution in [3.8, 4) is 11.8 Å². The van der Waals surface area contributed by atoms with Gasteiger partial charge in [-0.05, 0) is 25.0 Å². The highest BCUT2D eigenvalue weighted by molar-refractivity contribution is 7.12. The van der Waals surface area contributed by atoms with Gasteiger partial charge in [0.05, 0.1) is 23.9 Å². The molecule has 1 atom stereocenters. The second-order valence-electron chi connectivity index (χ2n) is 4.36. The van der Waals surface area contributed by atoms with Gasteiger partial charge in [-0.3, -0.25) is 4.79 Å². The highest BCUT2D eigenvalue weighted by Crippen LogP contribution is 2.17. The van der Waals surface area contributed by atoms with Gasteiger partial charge < -0.3 is 15.2 Å². The zero-order chi connectivity index (χ0) is 13.5. The Morgan fingerprint density at radius 3 is 3.21 bits per heavy atom. The van der Waals surface area contributed by atoms with Crippen LogP contribution in [0.1, 0.15) is 22.6 Å². The molecule has 0 saturated carbocycles. The summed E-state index contributed by atoms with van der Waals surface area (Å²) in [7, 11) is 0. The van der Waals surface area contributed by atoms with Gasteiger partial charge in [-0.1, -0.05) is 11.8 Å². The predicted molar refractivity (Wildman–Crippen MR) is 73.7 cm³/mol. The van der Waals surface area contributed by atoms with Crippen molar-refractivity contribution in [2.45, 2.75) is 19.4 Å². The van der Waals surface area contributed by atoms with E-state index in [4.69, 9.17) is 9.84 Å². The van der Waals surface area contributed by atoms with Crippen molar-refractivity contribution in [1.29, 1.82) is 0 Å². The normalized spacial score (nSPS) is 18.5. The summed E-state index contributed by atoms with van der Waals surface area (Å²) in [5.74, 6) is 5.51. The number of amides is 1. The number of carbonyl (C=O) groups is 1. The first-order chi connectivity index (χ1) is 9.29. The Hall–Kier alpha value is -1.35. The van der Waals surface area contributed by atoms with Gasteiger partial charge in [0, 0.05) is 11.5 Å². The largest absolute Gasteiger partial charge is 0.384 e. The fourth-order valence-corrected chi connectivity index (χ4v) is 2.75. The van der Waals surface area contributed by atoms with Crippen LogP contribution in [0.3, 0.4) is 0 Å². The summed E-state index contributed by atoms with van der Waals surface area (Å²) >= 11 is 1.53. The first-order valence-corrected chi connectivity index (χ1v) is 7.15. The number of aliphatic hydroxyl groups excluding tert-OH is 1. The molecule has 2 heterocycles. The van der Waals surface area contributed by atoms with Crippen LogP contribution >= 0.6 is 11.3 Å². The van der Waals surface area contributed by atoms with Crippen LogP contribution in [0.2, 0.25) is 0 Å². The minimum absolute atomic E-state index is 0.0117. The molecule has 5 heteroatoms. The third-order valence-corrected chi connectivity index (χ3v) is 3.92. The van der Waals surface area contributed by atoms with Gasteiger partial charge in [-0.2, -0.15) is 0 Å². The Labute approximate surface area is 116 Å². The third-order valence-electron chi connectivity index (χ3n) is 2.92. The summed E-state index contributed by atoms with van der Waals surface area (Å²) in [6.45, 7) is 1.69. The molecule has 19 heavy (non-hydrogen) atoms. The molecule has 0 bridgehead atoms. The van der Waals surface area contributed by atoms with E-state index in [9.17, 15) is 4.79 Å². The van der Waals surface area contributed by atoms with E-state index in [1.807, 2.05) is 12.1 Å². The van der Waals surface area contributed by atoms with E-state index >= 15 is 0 Å². The molecular weight excluding hydrogens is 262 g/mol. The van der Waals surface area contributed by atoms with Crippen molar-refractivity contribution in [1.82, 2.24) is 5.32 Å². The Balaban J connectivity index is 1.81. The van der Waals surface area contributed by atoms with Crippen molar-refractivity contribution in [2.24, 2.45) is 5.92 Å². The number of thiophene rings is 1. The Morgan fingerprint density at radius 2 is 2.47 bits per heavy atom. The van der Waals surface area contributed by atoms with Crippen LogP contribution in [0.4, 0.5) is 0 Å². The minimum atomic E-state index is -0.133. The lowest BCUT2D eigenvalue weighted by molar-refractivity contribution is -0.129. The first-order valence-electron chi connectivity index (χ1n) is 6.33. The van der Waals surface area contributed by atoms with Gasteiger partial charge in [0.15, 0.2) is 0 Å². The molecule has 102 valence electrons. The van der Waals surface area contributed by atoms with Gasteiger partial charge in [0.1, 0.15) is 6.61 Å². The third kappa shape index (κ3) is 4.35. The molecule has 1 aliphatic rings. The monoisotopic (exact) mass is 279 g/mol. The van der Waals surface area contributed by atoms with E-state index in [0.717, 1.165) is 29.2 Å². The van der Waals surface area contributed by atoms with Crippen LogP contribution in [0, 0.1) is 17.8 Å². The van der Waals surface area contributed by atoms with Gasteiger partial charge in [0.2, 0.25) is 5.91 Å². The van der Waals surface area contributed by atoms with Crippen LogP contribution in [-0.4, -0.2) is 30.8 Å². The molecule has 0 radical (unpaired) electrons. The maximum absolute atomic E-state index is 11.9. The highest BCUT2D eigenvalue weighted by atomic mass is 32.1. The number of carbonyl (C=O) groups excluding carboxylic acids is 1. The van der Waals surface area contributed by atoms with Crippen LogP contribution in [0.25, 0.3) is 0 Å². The van der Waals surface area contributed by atoms with Crippen LogP contribution in [0.5, 0.6) is 0 Å². The fraction of sp³-hybridized carbons (Fsp3) is 0.500. The Bertz CT molecular complexity index is 480. The second-order valence-corrected chi connectivity index (χ2v) is 5.53. The SMILES string of the molecule is O=C(NCc1ccc(C#CCO)s1)C1CCCOC1. The van der Waals surface area contributed by atoms with E-state index in [2.05, 4.69) is 17.2 Å². The van der Waals surface area contributed by atoms with Crippen molar-refractivity contribution >= 4 is 17.2 Å².